The Morgan fingerprint density at radius 1 is 1.44 bits per heavy atom. The first-order valence-corrected chi connectivity index (χ1v) is 5.87. The molecule has 0 bridgehead atoms. The van der Waals surface area contributed by atoms with Gasteiger partial charge < -0.3 is 10.5 Å². The van der Waals surface area contributed by atoms with Crippen LogP contribution in [0.5, 0.6) is 5.75 Å². The molecule has 0 saturated heterocycles. The number of aromatic nitrogens is 1. The van der Waals surface area contributed by atoms with Gasteiger partial charge >= 0.3 is 0 Å². The highest BCUT2D eigenvalue weighted by atomic mass is 16.5. The fourth-order valence-electron chi connectivity index (χ4n) is 1.64. The van der Waals surface area contributed by atoms with Crippen LogP contribution >= 0.6 is 0 Å². The Kier molecular flexibility index (Phi) is 2.89. The van der Waals surface area contributed by atoms with Crippen molar-refractivity contribution < 1.29 is 4.74 Å². The zero-order chi connectivity index (χ0) is 11.8. The third-order valence-corrected chi connectivity index (χ3v) is 2.76. The molecule has 1 fully saturated rings. The van der Waals surface area contributed by atoms with Gasteiger partial charge in [0.2, 0.25) is 0 Å². The Labute approximate surface area is 97.0 Å². The zero-order valence-electron chi connectivity index (χ0n) is 10.3. The lowest BCUT2D eigenvalue weighted by Gasteiger charge is -2.23. The van der Waals surface area contributed by atoms with Gasteiger partial charge in [0.05, 0.1) is 18.0 Å². The average molecular weight is 220 g/mol. The predicted octanol–water partition coefficient (Wildman–Crippen LogP) is 2.38. The van der Waals surface area contributed by atoms with Crippen LogP contribution in [0.4, 0.5) is 0 Å². The van der Waals surface area contributed by atoms with E-state index in [1.807, 2.05) is 6.20 Å². The van der Waals surface area contributed by atoms with Gasteiger partial charge in [-0.1, -0.05) is 20.8 Å². The predicted molar refractivity (Wildman–Crippen MR) is 64.5 cm³/mol. The number of pyridine rings is 1. The summed E-state index contributed by atoms with van der Waals surface area (Å²) in [6, 6.07) is 2.07. The maximum absolute atomic E-state index is 5.88. The van der Waals surface area contributed by atoms with Crippen molar-refractivity contribution in [1.29, 1.82) is 0 Å². The van der Waals surface area contributed by atoms with E-state index in [0.29, 0.717) is 12.6 Å². The van der Waals surface area contributed by atoms with Crippen LogP contribution in [-0.4, -0.2) is 11.1 Å². The first kappa shape index (κ1) is 11.4. The first-order valence-electron chi connectivity index (χ1n) is 5.87. The molecular formula is C13H20N2O. The van der Waals surface area contributed by atoms with Crippen molar-refractivity contribution in [3.63, 3.8) is 0 Å². The van der Waals surface area contributed by atoms with Gasteiger partial charge in [-0.15, -0.1) is 0 Å². The van der Waals surface area contributed by atoms with Crippen molar-refractivity contribution in [2.75, 3.05) is 0 Å². The van der Waals surface area contributed by atoms with Crippen molar-refractivity contribution in [2.24, 2.45) is 5.73 Å². The summed E-state index contributed by atoms with van der Waals surface area (Å²) in [5, 5.41) is 0. The Bertz CT molecular complexity index is 378. The molecule has 0 aromatic carbocycles. The summed E-state index contributed by atoms with van der Waals surface area (Å²) in [5.74, 6) is 0.923. The zero-order valence-corrected chi connectivity index (χ0v) is 10.3. The highest BCUT2D eigenvalue weighted by Gasteiger charge is 2.27. The molecule has 88 valence electrons. The van der Waals surface area contributed by atoms with Crippen LogP contribution in [-0.2, 0) is 12.0 Å². The highest BCUT2D eigenvalue weighted by molar-refractivity contribution is 5.38. The third-order valence-electron chi connectivity index (χ3n) is 2.76. The SMILES string of the molecule is CC(C)(C)c1cc(CN)ncc1OC1CC1. The summed E-state index contributed by atoms with van der Waals surface area (Å²) in [6.45, 7) is 7.03. The molecule has 3 heteroatoms. The summed E-state index contributed by atoms with van der Waals surface area (Å²) in [6.07, 6.45) is 4.57. The van der Waals surface area contributed by atoms with Crippen molar-refractivity contribution in [1.82, 2.24) is 4.98 Å². The number of nitrogens with two attached hydrogens (primary N) is 1. The standard InChI is InChI=1S/C13H20N2O/c1-13(2,3)11-6-9(7-14)15-8-12(11)16-10-4-5-10/h6,8,10H,4-5,7,14H2,1-3H3. The monoisotopic (exact) mass is 220 g/mol. The van der Waals surface area contributed by atoms with Crippen LogP contribution in [0.3, 0.4) is 0 Å². The molecule has 1 heterocycles. The smallest absolute Gasteiger partial charge is 0.141 e. The van der Waals surface area contributed by atoms with Crippen LogP contribution in [0.2, 0.25) is 0 Å². The molecule has 1 aliphatic carbocycles. The average Bonchev–Trinajstić information content (AvgIpc) is 3.01. The molecule has 3 nitrogen and oxygen atoms in total. The van der Waals surface area contributed by atoms with Crippen LogP contribution < -0.4 is 10.5 Å². The minimum Gasteiger partial charge on any atom is -0.489 e. The fourth-order valence-corrected chi connectivity index (χ4v) is 1.64. The van der Waals surface area contributed by atoms with E-state index in [1.54, 1.807) is 0 Å². The van der Waals surface area contributed by atoms with Gasteiger partial charge in [0, 0.05) is 12.1 Å². The molecule has 0 spiro atoms. The van der Waals surface area contributed by atoms with Crippen LogP contribution in [0, 0.1) is 0 Å². The molecule has 0 radical (unpaired) electrons. The largest absolute Gasteiger partial charge is 0.489 e. The van der Waals surface area contributed by atoms with E-state index < -0.39 is 0 Å². The molecule has 1 saturated carbocycles. The summed E-state index contributed by atoms with van der Waals surface area (Å²) in [4.78, 5) is 4.30. The molecular weight excluding hydrogens is 200 g/mol. The topological polar surface area (TPSA) is 48.1 Å². The number of hydrogen-bond acceptors (Lipinski definition) is 3. The summed E-state index contributed by atoms with van der Waals surface area (Å²) < 4.78 is 5.88. The van der Waals surface area contributed by atoms with Crippen LogP contribution in [0.1, 0.15) is 44.9 Å². The van der Waals surface area contributed by atoms with E-state index in [4.69, 9.17) is 10.5 Å². The number of hydrogen-bond donors (Lipinski definition) is 1. The first-order chi connectivity index (χ1) is 7.50. The van der Waals surface area contributed by atoms with Crippen molar-refractivity contribution in [3.8, 4) is 5.75 Å². The minimum absolute atomic E-state index is 0.0666. The van der Waals surface area contributed by atoms with Gasteiger partial charge in [0.15, 0.2) is 0 Å². The lowest BCUT2D eigenvalue weighted by atomic mass is 9.86. The van der Waals surface area contributed by atoms with Crippen molar-refractivity contribution in [3.05, 3.63) is 23.5 Å². The summed E-state index contributed by atoms with van der Waals surface area (Å²) in [5.41, 5.74) is 7.82. The van der Waals surface area contributed by atoms with Gasteiger partial charge in [0.1, 0.15) is 5.75 Å². The normalized spacial score (nSPS) is 16.2. The number of ether oxygens (including phenoxy) is 1. The van der Waals surface area contributed by atoms with Crippen LogP contribution in [0.15, 0.2) is 12.3 Å². The molecule has 2 rings (SSSR count). The van der Waals surface area contributed by atoms with Gasteiger partial charge in [-0.05, 0) is 24.3 Å². The van der Waals surface area contributed by atoms with E-state index >= 15 is 0 Å². The lowest BCUT2D eigenvalue weighted by molar-refractivity contribution is 0.293. The molecule has 0 unspecified atom stereocenters. The molecule has 1 aromatic heterocycles. The minimum atomic E-state index is 0.0666. The maximum atomic E-state index is 5.88. The second-order valence-corrected chi connectivity index (χ2v) is 5.44. The molecule has 0 aliphatic heterocycles. The summed E-state index contributed by atoms with van der Waals surface area (Å²) >= 11 is 0. The Morgan fingerprint density at radius 3 is 2.62 bits per heavy atom. The van der Waals surface area contributed by atoms with Crippen molar-refractivity contribution in [2.45, 2.75) is 51.7 Å². The van der Waals surface area contributed by atoms with Crippen LogP contribution in [0.25, 0.3) is 0 Å². The molecule has 16 heavy (non-hydrogen) atoms. The molecule has 1 aromatic rings. The molecule has 2 N–H and O–H groups in total. The second kappa shape index (κ2) is 4.06. The maximum Gasteiger partial charge on any atom is 0.141 e. The fraction of sp³-hybridized carbons (Fsp3) is 0.615. The van der Waals surface area contributed by atoms with E-state index in [9.17, 15) is 0 Å². The molecule has 0 amide bonds. The van der Waals surface area contributed by atoms with E-state index in [-0.39, 0.29) is 5.41 Å². The van der Waals surface area contributed by atoms with E-state index in [1.165, 1.54) is 18.4 Å². The van der Waals surface area contributed by atoms with Gasteiger partial charge in [-0.3, -0.25) is 4.98 Å². The highest BCUT2D eigenvalue weighted by Crippen LogP contribution is 2.35. The quantitative estimate of drug-likeness (QED) is 0.850. The van der Waals surface area contributed by atoms with E-state index in [0.717, 1.165) is 11.4 Å². The van der Waals surface area contributed by atoms with Gasteiger partial charge in [-0.2, -0.15) is 0 Å². The number of nitrogens with zero attached hydrogens (tertiary/aromatic N) is 1. The van der Waals surface area contributed by atoms with Gasteiger partial charge in [0.25, 0.3) is 0 Å². The Hall–Kier alpha value is -1.09. The third kappa shape index (κ3) is 2.53. The number of rotatable bonds is 3. The summed E-state index contributed by atoms with van der Waals surface area (Å²) in [7, 11) is 0. The molecule has 1 aliphatic rings. The Balaban J connectivity index is 2.33. The van der Waals surface area contributed by atoms with E-state index in [2.05, 4.69) is 31.8 Å². The van der Waals surface area contributed by atoms with Gasteiger partial charge in [-0.25, -0.2) is 0 Å². The Morgan fingerprint density at radius 2 is 2.12 bits per heavy atom. The lowest BCUT2D eigenvalue weighted by Crippen LogP contribution is -2.16. The van der Waals surface area contributed by atoms with Crippen molar-refractivity contribution >= 4 is 0 Å². The molecule has 0 atom stereocenters. The second-order valence-electron chi connectivity index (χ2n) is 5.44.